The number of rotatable bonds is 15. The van der Waals surface area contributed by atoms with Crippen molar-refractivity contribution in [1.82, 2.24) is 40.9 Å². The van der Waals surface area contributed by atoms with Crippen molar-refractivity contribution in [2.45, 2.75) is 82.9 Å². The van der Waals surface area contributed by atoms with Gasteiger partial charge in [-0.2, -0.15) is 0 Å². The van der Waals surface area contributed by atoms with Gasteiger partial charge in [-0.25, -0.2) is 4.98 Å². The van der Waals surface area contributed by atoms with Crippen LogP contribution >= 0.6 is 11.3 Å². The fourth-order valence-electron chi connectivity index (χ4n) is 9.69. The van der Waals surface area contributed by atoms with E-state index in [4.69, 9.17) is 9.26 Å². The van der Waals surface area contributed by atoms with E-state index in [1.807, 2.05) is 75.7 Å². The Labute approximate surface area is 351 Å². The number of H-pyrrole nitrogens is 1. The summed E-state index contributed by atoms with van der Waals surface area (Å²) in [4.78, 5) is 38.2. The minimum atomic E-state index is -0.822. The molecule has 0 radical (unpaired) electrons. The predicted octanol–water partition coefficient (Wildman–Crippen LogP) is 6.42. The smallest absolute Gasteiger partial charge is 0.254 e. The minimum Gasteiger partial charge on any atom is -0.507 e. The van der Waals surface area contributed by atoms with Gasteiger partial charge in [0.25, 0.3) is 5.88 Å². The molecule has 14 nitrogen and oxygen atoms in total. The highest BCUT2D eigenvalue weighted by Gasteiger charge is 2.68. The highest BCUT2D eigenvalue weighted by atomic mass is 32.1. The predicted molar refractivity (Wildman–Crippen MR) is 226 cm³/mol. The van der Waals surface area contributed by atoms with E-state index in [0.29, 0.717) is 36.0 Å². The van der Waals surface area contributed by atoms with E-state index in [9.17, 15) is 19.8 Å². The molecule has 4 fully saturated rings. The van der Waals surface area contributed by atoms with Crippen LogP contribution in [0.2, 0.25) is 0 Å². The average molecular weight is 831 g/mol. The topological polar surface area (TPSA) is 192 Å². The number of phenolic OH excluding ortho intramolecular Hbond substituents is 1. The molecule has 3 saturated carbocycles. The molecule has 2 amide bonds. The zero-order valence-corrected chi connectivity index (χ0v) is 35.0. The molecule has 4 aromatic heterocycles. The Bertz CT molecular complexity index is 2510. The number of aliphatic hydroxyl groups excluding tert-OH is 1. The molecular formula is C45H50N8O6S. The number of ether oxygens (including phenoxy) is 1. The molecule has 4 atom stereocenters. The lowest BCUT2D eigenvalue weighted by atomic mass is 9.34. The number of aromatic hydroxyl groups is 1. The summed E-state index contributed by atoms with van der Waals surface area (Å²) in [6.07, 6.45) is 2.61. The first-order chi connectivity index (χ1) is 28.9. The van der Waals surface area contributed by atoms with E-state index in [1.54, 1.807) is 29.5 Å². The monoisotopic (exact) mass is 830 g/mol. The van der Waals surface area contributed by atoms with Gasteiger partial charge >= 0.3 is 0 Å². The van der Waals surface area contributed by atoms with E-state index in [1.165, 1.54) is 10.6 Å². The van der Waals surface area contributed by atoms with Gasteiger partial charge in [-0.3, -0.25) is 9.59 Å². The Balaban J connectivity index is 0.749. The van der Waals surface area contributed by atoms with Crippen molar-refractivity contribution < 1.29 is 29.1 Å². The van der Waals surface area contributed by atoms with Gasteiger partial charge in [0, 0.05) is 54.2 Å². The molecule has 15 heteroatoms. The zero-order valence-electron chi connectivity index (χ0n) is 34.1. The van der Waals surface area contributed by atoms with Crippen LogP contribution in [0.3, 0.4) is 0 Å². The third kappa shape index (κ3) is 7.43. The molecule has 0 spiro atoms. The van der Waals surface area contributed by atoms with Gasteiger partial charge in [0.1, 0.15) is 24.3 Å². The molecule has 5 heterocycles. The number of nitrogens with zero attached hydrogens (tertiary/aromatic N) is 5. The van der Waals surface area contributed by atoms with Crippen molar-refractivity contribution >= 4 is 34.2 Å². The van der Waals surface area contributed by atoms with Crippen molar-refractivity contribution in [1.29, 1.82) is 0 Å². The Hall–Kier alpha value is -5.64. The second-order valence-electron chi connectivity index (χ2n) is 17.4. The van der Waals surface area contributed by atoms with Crippen LogP contribution in [0.5, 0.6) is 11.6 Å². The number of carbonyl (C=O) groups is 2. The van der Waals surface area contributed by atoms with Gasteiger partial charge in [0.2, 0.25) is 11.8 Å². The number of para-hydroxylation sites is 1. The van der Waals surface area contributed by atoms with Gasteiger partial charge < -0.3 is 40.0 Å². The van der Waals surface area contributed by atoms with Gasteiger partial charge in [-0.05, 0) is 85.0 Å². The van der Waals surface area contributed by atoms with Crippen LogP contribution in [0.1, 0.15) is 81.1 Å². The standard InChI is InChI=1S/C45H50N8O6S/c1-25(2)39(43(57)53-19-31(54)17-34(53)42(56)48-26(3)28-9-11-29(12-10-28)40-27(4)47-24-60-40)36-18-38(52-59-36)58-14-13-46-23-44-20-45(21-44,22-44)37-16-30-15-33(50-51-41(30)49-37)32-7-5-6-8-35(32)55/h5-12,15-16,18,24-26,31,34,39,46,54-55H,13-14,17,19-23H2,1-4H3,(H,48,56)(H,49,51)/t26-,31+,34-,39+,44?,45?/m0/s1. The van der Waals surface area contributed by atoms with Crippen LogP contribution < -0.4 is 15.4 Å². The summed E-state index contributed by atoms with van der Waals surface area (Å²) in [5.41, 5.74) is 8.47. The number of phenols is 1. The molecule has 2 bridgehead atoms. The van der Waals surface area contributed by atoms with Crippen LogP contribution in [0.15, 0.2) is 76.8 Å². The highest BCUT2D eigenvalue weighted by molar-refractivity contribution is 7.13. The Morgan fingerprint density at radius 3 is 2.58 bits per heavy atom. The van der Waals surface area contributed by atoms with Crippen LogP contribution in [0.25, 0.3) is 32.7 Å². The van der Waals surface area contributed by atoms with E-state index in [0.717, 1.165) is 58.5 Å². The summed E-state index contributed by atoms with van der Waals surface area (Å²) in [6, 6.07) is 19.9. The number of aromatic nitrogens is 5. The average Bonchev–Trinajstić information content (AvgIpc) is 4.02. The SMILES string of the molecule is Cc1ncsc1-c1ccc([C@H](C)NC(=O)[C@@H]2C[C@@H](O)CN2C(=O)[C@@H](c2cc(OCCNCC34CC(c5cc6cc(-c7ccccc7O)nnc6[nH]5)(C3)C4)no2)C(C)C)cc1. The van der Waals surface area contributed by atoms with Gasteiger partial charge in [-0.1, -0.05) is 50.2 Å². The van der Waals surface area contributed by atoms with Crippen LogP contribution in [-0.4, -0.2) is 90.6 Å². The number of aryl methyl sites for hydroxylation is 1. The third-order valence-electron chi connectivity index (χ3n) is 12.7. The minimum absolute atomic E-state index is 0.0569. The summed E-state index contributed by atoms with van der Waals surface area (Å²) in [7, 11) is 0. The fourth-order valence-corrected chi connectivity index (χ4v) is 10.5. The molecule has 0 unspecified atom stereocenters. The lowest BCUT2D eigenvalue weighted by Gasteiger charge is -2.70. The van der Waals surface area contributed by atoms with Gasteiger partial charge in [0.15, 0.2) is 11.4 Å². The molecule has 5 N–H and O–H groups in total. The second kappa shape index (κ2) is 15.8. The first kappa shape index (κ1) is 39.8. The largest absolute Gasteiger partial charge is 0.507 e. The number of β-amino-alcohol motifs (C(OH)–C–C–N with tert-alkyl or cyclic N) is 1. The first-order valence-electron chi connectivity index (χ1n) is 20.7. The second-order valence-corrected chi connectivity index (χ2v) is 18.2. The molecule has 3 aliphatic carbocycles. The van der Waals surface area contributed by atoms with E-state index >= 15 is 0 Å². The number of hydrogen-bond donors (Lipinski definition) is 5. The number of benzene rings is 2. The summed E-state index contributed by atoms with van der Waals surface area (Å²) in [6.45, 7) is 9.68. The van der Waals surface area contributed by atoms with Gasteiger partial charge in [-0.15, -0.1) is 21.5 Å². The highest BCUT2D eigenvalue weighted by Crippen LogP contribution is 2.73. The first-order valence-corrected chi connectivity index (χ1v) is 21.5. The molecule has 60 heavy (non-hydrogen) atoms. The number of nitrogens with one attached hydrogen (secondary N) is 3. The number of aliphatic hydroxyl groups is 1. The number of thiazole rings is 1. The van der Waals surface area contributed by atoms with Crippen LogP contribution in [0, 0.1) is 18.3 Å². The maximum absolute atomic E-state index is 14.1. The molecular weight excluding hydrogens is 781 g/mol. The fraction of sp³-hybridized carbons (Fsp3) is 0.422. The Morgan fingerprint density at radius 1 is 1.07 bits per heavy atom. The number of aromatic amines is 1. The number of carbonyl (C=O) groups excluding carboxylic acids is 2. The number of amides is 2. The van der Waals surface area contributed by atoms with Crippen molar-refractivity contribution in [2.24, 2.45) is 11.3 Å². The molecule has 312 valence electrons. The molecule has 4 aliphatic rings. The number of fused-ring (bicyclic) bond motifs is 1. The Morgan fingerprint density at radius 2 is 1.85 bits per heavy atom. The molecule has 1 aliphatic heterocycles. The van der Waals surface area contributed by atoms with E-state index < -0.39 is 18.1 Å². The summed E-state index contributed by atoms with van der Waals surface area (Å²) < 4.78 is 11.6. The van der Waals surface area contributed by atoms with Crippen molar-refractivity contribution in [2.75, 3.05) is 26.2 Å². The van der Waals surface area contributed by atoms with E-state index in [2.05, 4.69) is 42.0 Å². The van der Waals surface area contributed by atoms with Crippen molar-refractivity contribution in [3.63, 3.8) is 0 Å². The Kier molecular flexibility index (Phi) is 10.5. The summed E-state index contributed by atoms with van der Waals surface area (Å²) >= 11 is 1.59. The summed E-state index contributed by atoms with van der Waals surface area (Å²) in [5.74, 6) is -0.652. The maximum atomic E-state index is 14.1. The number of hydrogen-bond acceptors (Lipinski definition) is 12. The molecule has 6 aromatic rings. The third-order valence-corrected chi connectivity index (χ3v) is 13.7. The zero-order chi connectivity index (χ0) is 41.8. The lowest BCUT2D eigenvalue weighted by Crippen LogP contribution is -2.68. The van der Waals surface area contributed by atoms with Crippen molar-refractivity contribution in [3.05, 3.63) is 95.0 Å². The van der Waals surface area contributed by atoms with Crippen molar-refractivity contribution in [3.8, 4) is 33.3 Å². The number of likely N-dealkylation sites (tertiary alicyclic amines) is 1. The van der Waals surface area contributed by atoms with E-state index in [-0.39, 0.29) is 53.3 Å². The molecule has 2 aromatic carbocycles. The normalized spacial score (nSPS) is 23.0. The lowest BCUT2D eigenvalue weighted by molar-refractivity contribution is -0.141. The molecule has 10 rings (SSSR count). The molecule has 1 saturated heterocycles. The van der Waals surface area contributed by atoms with Crippen LogP contribution in [-0.2, 0) is 15.0 Å². The maximum Gasteiger partial charge on any atom is 0.254 e. The quantitative estimate of drug-likeness (QED) is 0.0718. The van der Waals surface area contributed by atoms with Gasteiger partial charge in [0.05, 0.1) is 33.9 Å². The van der Waals surface area contributed by atoms with Crippen LogP contribution in [0.4, 0.5) is 0 Å². The summed E-state index contributed by atoms with van der Waals surface area (Å²) in [5, 5.41) is 41.4.